The van der Waals surface area contributed by atoms with Crippen molar-refractivity contribution < 1.29 is 0 Å². The third-order valence-electron chi connectivity index (χ3n) is 3.26. The summed E-state index contributed by atoms with van der Waals surface area (Å²) in [6.45, 7) is 4.68. The van der Waals surface area contributed by atoms with Gasteiger partial charge in [-0.25, -0.2) is 0 Å². The molecule has 1 saturated heterocycles. The molecule has 2 nitrogen and oxygen atoms in total. The van der Waals surface area contributed by atoms with Crippen molar-refractivity contribution in [2.24, 2.45) is 5.92 Å². The van der Waals surface area contributed by atoms with Crippen LogP contribution in [0.1, 0.15) is 18.4 Å². The van der Waals surface area contributed by atoms with Gasteiger partial charge in [-0.2, -0.15) is 0 Å². The van der Waals surface area contributed by atoms with Gasteiger partial charge in [-0.1, -0.05) is 30.3 Å². The summed E-state index contributed by atoms with van der Waals surface area (Å²) in [5.41, 5.74) is 1.41. The van der Waals surface area contributed by atoms with Crippen molar-refractivity contribution in [1.29, 1.82) is 0 Å². The molecule has 16 heavy (non-hydrogen) atoms. The lowest BCUT2D eigenvalue weighted by Crippen LogP contribution is -2.36. The normalized spacial score (nSPS) is 21.2. The monoisotopic (exact) mass is 218 g/mol. The fourth-order valence-corrected chi connectivity index (χ4v) is 2.48. The zero-order chi connectivity index (χ0) is 11.2. The Balaban J connectivity index is 1.77. The van der Waals surface area contributed by atoms with Crippen molar-refractivity contribution in [2.45, 2.75) is 19.4 Å². The molecule has 1 fully saturated rings. The highest BCUT2D eigenvalue weighted by atomic mass is 15.1. The molecule has 0 saturated carbocycles. The average molecular weight is 218 g/mol. The predicted molar refractivity (Wildman–Crippen MR) is 68.4 cm³/mol. The largest absolute Gasteiger partial charge is 0.316 e. The summed E-state index contributed by atoms with van der Waals surface area (Å²) in [6, 6.07) is 10.7. The molecule has 0 aliphatic carbocycles. The van der Waals surface area contributed by atoms with E-state index in [1.807, 2.05) is 0 Å². The maximum atomic E-state index is 3.48. The third-order valence-corrected chi connectivity index (χ3v) is 3.26. The van der Waals surface area contributed by atoms with Gasteiger partial charge in [0.05, 0.1) is 0 Å². The number of nitrogens with one attached hydrogen (secondary N) is 1. The summed E-state index contributed by atoms with van der Waals surface area (Å²) >= 11 is 0. The molecule has 1 aromatic carbocycles. The van der Waals surface area contributed by atoms with Crippen molar-refractivity contribution in [2.75, 3.05) is 26.7 Å². The Kier molecular flexibility index (Phi) is 4.37. The zero-order valence-corrected chi connectivity index (χ0v) is 10.2. The van der Waals surface area contributed by atoms with E-state index in [9.17, 15) is 0 Å². The average Bonchev–Trinajstić information content (AvgIpc) is 2.31. The highest BCUT2D eigenvalue weighted by molar-refractivity contribution is 5.14. The van der Waals surface area contributed by atoms with Crippen LogP contribution in [-0.4, -0.2) is 31.6 Å². The number of hydrogen-bond donors (Lipinski definition) is 1. The van der Waals surface area contributed by atoms with Gasteiger partial charge in [-0.05, 0) is 44.5 Å². The summed E-state index contributed by atoms with van der Waals surface area (Å²) in [7, 11) is 2.22. The highest BCUT2D eigenvalue weighted by Gasteiger charge is 2.14. The zero-order valence-electron chi connectivity index (χ0n) is 10.2. The first-order valence-electron chi connectivity index (χ1n) is 6.28. The van der Waals surface area contributed by atoms with Crippen molar-refractivity contribution in [1.82, 2.24) is 10.2 Å². The molecule has 1 N–H and O–H groups in total. The first kappa shape index (κ1) is 11.6. The molecule has 1 aromatic rings. The van der Waals surface area contributed by atoms with Crippen LogP contribution in [0.5, 0.6) is 0 Å². The van der Waals surface area contributed by atoms with Gasteiger partial charge < -0.3 is 10.2 Å². The molecule has 0 aromatic heterocycles. The molecule has 1 aliphatic rings. The lowest BCUT2D eigenvalue weighted by Gasteiger charge is -2.27. The molecule has 1 aliphatic heterocycles. The number of piperidine rings is 1. The first-order valence-corrected chi connectivity index (χ1v) is 6.28. The van der Waals surface area contributed by atoms with Gasteiger partial charge in [0.25, 0.3) is 0 Å². The van der Waals surface area contributed by atoms with Crippen molar-refractivity contribution in [3.8, 4) is 0 Å². The third kappa shape index (κ3) is 3.62. The van der Waals surface area contributed by atoms with Crippen molar-refractivity contribution in [3.05, 3.63) is 35.9 Å². The van der Waals surface area contributed by atoms with E-state index in [-0.39, 0.29) is 0 Å². The smallest absolute Gasteiger partial charge is 0.0230 e. The minimum absolute atomic E-state index is 0.836. The van der Waals surface area contributed by atoms with Gasteiger partial charge in [0.15, 0.2) is 0 Å². The van der Waals surface area contributed by atoms with Crippen LogP contribution < -0.4 is 5.32 Å². The van der Waals surface area contributed by atoms with Crippen LogP contribution in [0.4, 0.5) is 0 Å². The first-order chi connectivity index (χ1) is 7.84. The molecule has 1 heterocycles. The van der Waals surface area contributed by atoms with Crippen LogP contribution in [0, 0.1) is 5.92 Å². The summed E-state index contributed by atoms with van der Waals surface area (Å²) in [4.78, 5) is 2.44. The number of hydrogen-bond acceptors (Lipinski definition) is 2. The van der Waals surface area contributed by atoms with E-state index in [0.717, 1.165) is 12.5 Å². The Labute approximate surface area is 98.7 Å². The predicted octanol–water partition coefficient (Wildman–Crippen LogP) is 2.12. The van der Waals surface area contributed by atoms with Crippen LogP contribution in [-0.2, 0) is 6.54 Å². The van der Waals surface area contributed by atoms with E-state index < -0.39 is 0 Å². The van der Waals surface area contributed by atoms with E-state index in [4.69, 9.17) is 0 Å². The topological polar surface area (TPSA) is 15.3 Å². The molecule has 88 valence electrons. The van der Waals surface area contributed by atoms with Gasteiger partial charge in [0, 0.05) is 13.1 Å². The number of nitrogens with zero attached hydrogens (tertiary/aromatic N) is 1. The Morgan fingerprint density at radius 3 is 2.81 bits per heavy atom. The van der Waals surface area contributed by atoms with Gasteiger partial charge >= 0.3 is 0 Å². The minimum atomic E-state index is 0.836. The van der Waals surface area contributed by atoms with Crippen molar-refractivity contribution >= 4 is 0 Å². The standard InChI is InChI=1S/C14H22N2/c1-16(11-13-6-3-2-4-7-13)12-14-8-5-9-15-10-14/h2-4,6-7,14-15H,5,8-12H2,1H3. The quantitative estimate of drug-likeness (QED) is 0.833. The Morgan fingerprint density at radius 1 is 1.31 bits per heavy atom. The van der Waals surface area contributed by atoms with Crippen LogP contribution in [0.15, 0.2) is 30.3 Å². The maximum Gasteiger partial charge on any atom is 0.0230 e. The van der Waals surface area contributed by atoms with Gasteiger partial charge in [0.1, 0.15) is 0 Å². The highest BCUT2D eigenvalue weighted by Crippen LogP contribution is 2.12. The fraction of sp³-hybridized carbons (Fsp3) is 0.571. The van der Waals surface area contributed by atoms with Crippen LogP contribution in [0.2, 0.25) is 0 Å². The molecule has 0 radical (unpaired) electrons. The molecular weight excluding hydrogens is 196 g/mol. The molecule has 2 rings (SSSR count). The fourth-order valence-electron chi connectivity index (χ4n) is 2.48. The summed E-state index contributed by atoms with van der Waals surface area (Å²) in [6.07, 6.45) is 2.72. The van der Waals surface area contributed by atoms with Crippen LogP contribution >= 0.6 is 0 Å². The molecule has 0 spiro atoms. The molecule has 1 unspecified atom stereocenters. The maximum absolute atomic E-state index is 3.48. The lowest BCUT2D eigenvalue weighted by atomic mass is 9.99. The van der Waals surface area contributed by atoms with E-state index >= 15 is 0 Å². The number of benzene rings is 1. The van der Waals surface area contributed by atoms with Crippen LogP contribution in [0.3, 0.4) is 0 Å². The summed E-state index contributed by atoms with van der Waals surface area (Å²) in [5.74, 6) is 0.836. The number of rotatable bonds is 4. The van der Waals surface area contributed by atoms with Crippen LogP contribution in [0.25, 0.3) is 0 Å². The lowest BCUT2D eigenvalue weighted by molar-refractivity contribution is 0.237. The van der Waals surface area contributed by atoms with E-state index in [1.54, 1.807) is 0 Å². The Hall–Kier alpha value is -0.860. The van der Waals surface area contributed by atoms with E-state index in [0.29, 0.717) is 0 Å². The molecule has 1 atom stereocenters. The molecular formula is C14H22N2. The van der Waals surface area contributed by atoms with E-state index in [2.05, 4.69) is 47.6 Å². The minimum Gasteiger partial charge on any atom is -0.316 e. The Morgan fingerprint density at radius 2 is 2.12 bits per heavy atom. The van der Waals surface area contributed by atoms with Crippen molar-refractivity contribution in [3.63, 3.8) is 0 Å². The van der Waals surface area contributed by atoms with Gasteiger partial charge in [-0.3, -0.25) is 0 Å². The second-order valence-corrected chi connectivity index (χ2v) is 4.89. The Bertz CT molecular complexity index is 291. The SMILES string of the molecule is CN(Cc1ccccc1)CC1CCCNC1. The summed E-state index contributed by atoms with van der Waals surface area (Å²) in [5, 5.41) is 3.48. The summed E-state index contributed by atoms with van der Waals surface area (Å²) < 4.78 is 0. The second-order valence-electron chi connectivity index (χ2n) is 4.89. The van der Waals surface area contributed by atoms with Gasteiger partial charge in [-0.15, -0.1) is 0 Å². The van der Waals surface area contributed by atoms with Gasteiger partial charge in [0.2, 0.25) is 0 Å². The second kappa shape index (κ2) is 6.02. The molecule has 2 heteroatoms. The van der Waals surface area contributed by atoms with E-state index in [1.165, 1.54) is 38.0 Å². The molecule has 0 bridgehead atoms. The molecule has 0 amide bonds.